The molecule has 2 aromatic heterocycles. The Balaban J connectivity index is 1.44. The van der Waals surface area contributed by atoms with E-state index in [1.54, 1.807) is 23.7 Å². The zero-order valence-electron chi connectivity index (χ0n) is 16.9. The van der Waals surface area contributed by atoms with Gasteiger partial charge in [0.15, 0.2) is 0 Å². The van der Waals surface area contributed by atoms with Gasteiger partial charge in [0.2, 0.25) is 5.95 Å². The molecule has 0 saturated carbocycles. The minimum atomic E-state index is -0.937. The van der Waals surface area contributed by atoms with Crippen LogP contribution in [0, 0.1) is 6.92 Å². The zero-order valence-corrected chi connectivity index (χ0v) is 17.7. The summed E-state index contributed by atoms with van der Waals surface area (Å²) in [5, 5.41) is 14.7. The molecule has 0 atom stereocenters. The molecule has 30 heavy (non-hydrogen) atoms. The van der Waals surface area contributed by atoms with Gasteiger partial charge in [-0.3, -0.25) is 9.69 Å². The summed E-state index contributed by atoms with van der Waals surface area (Å²) < 4.78 is 0. The molecule has 4 rings (SSSR count). The van der Waals surface area contributed by atoms with Crippen molar-refractivity contribution in [1.82, 2.24) is 19.9 Å². The predicted molar refractivity (Wildman–Crippen MR) is 117 cm³/mol. The average molecular weight is 424 g/mol. The number of hydrogen-bond acceptors (Lipinski definition) is 7. The highest BCUT2D eigenvalue weighted by Gasteiger charge is 2.39. The molecule has 0 amide bonds. The van der Waals surface area contributed by atoms with Gasteiger partial charge in [0.05, 0.1) is 10.7 Å². The second-order valence-electron chi connectivity index (χ2n) is 7.64. The number of carboxylic acids is 1. The predicted octanol–water partition coefficient (Wildman–Crippen LogP) is 3.32. The molecule has 0 unspecified atom stereocenters. The van der Waals surface area contributed by atoms with Gasteiger partial charge in [-0.1, -0.05) is 30.3 Å². The summed E-state index contributed by atoms with van der Waals surface area (Å²) in [5.74, 6) is -0.602. The highest BCUT2D eigenvalue weighted by molar-refractivity contribution is 7.09. The summed E-state index contributed by atoms with van der Waals surface area (Å²) >= 11 is 1.72. The number of aryl methyl sites for hydroxylation is 1. The maximum atomic E-state index is 10.6. The van der Waals surface area contributed by atoms with Gasteiger partial charge in [-0.25, -0.2) is 15.0 Å². The van der Waals surface area contributed by atoms with E-state index in [1.807, 2.05) is 0 Å². The maximum absolute atomic E-state index is 10.6. The number of likely N-dealkylation sites (tertiary alicyclic amines) is 1. The average Bonchev–Trinajstić information content (AvgIpc) is 3.21. The summed E-state index contributed by atoms with van der Waals surface area (Å²) in [6.45, 7) is 4.58. The lowest BCUT2D eigenvalue weighted by Crippen LogP contribution is -2.43. The van der Waals surface area contributed by atoms with Crippen molar-refractivity contribution < 1.29 is 9.90 Å². The van der Waals surface area contributed by atoms with Crippen LogP contribution in [0.25, 0.3) is 0 Å². The standard InChI is InChI=1S/C22H25N5O2S/c1-16-26-19(15-30-16)22(18-5-3-2-4-6-18)7-9-27(10-8-22)14-17-11-23-21(24-12-17)25-13-20(28)29/h2-6,11-12,15H,7-10,13-14H2,1H3,(H,28,29)(H,23,24,25). The number of nitrogens with zero attached hydrogens (tertiary/aromatic N) is 4. The van der Waals surface area contributed by atoms with Gasteiger partial charge >= 0.3 is 5.97 Å². The van der Waals surface area contributed by atoms with E-state index in [4.69, 9.17) is 10.1 Å². The van der Waals surface area contributed by atoms with Gasteiger partial charge in [0.25, 0.3) is 0 Å². The molecule has 3 heterocycles. The minimum Gasteiger partial charge on any atom is -0.480 e. The molecule has 1 saturated heterocycles. The number of piperidine rings is 1. The Kier molecular flexibility index (Phi) is 6.06. The van der Waals surface area contributed by atoms with Gasteiger partial charge in [0.1, 0.15) is 6.54 Å². The van der Waals surface area contributed by atoms with E-state index in [-0.39, 0.29) is 12.0 Å². The number of aliphatic carboxylic acids is 1. The summed E-state index contributed by atoms with van der Waals surface area (Å²) in [5.41, 5.74) is 3.51. The number of carbonyl (C=O) groups is 1. The van der Waals surface area contributed by atoms with Crippen molar-refractivity contribution in [2.45, 2.75) is 31.7 Å². The normalized spacial score (nSPS) is 16.3. The van der Waals surface area contributed by atoms with Gasteiger partial charge in [-0.15, -0.1) is 11.3 Å². The number of aromatic nitrogens is 3. The van der Waals surface area contributed by atoms with E-state index in [1.165, 1.54) is 11.3 Å². The number of hydrogen-bond donors (Lipinski definition) is 2. The van der Waals surface area contributed by atoms with Crippen molar-refractivity contribution >= 4 is 23.3 Å². The highest BCUT2D eigenvalue weighted by Crippen LogP contribution is 2.42. The molecule has 0 bridgehead atoms. The third-order valence-corrected chi connectivity index (χ3v) is 6.43. The first-order valence-corrected chi connectivity index (χ1v) is 10.9. The van der Waals surface area contributed by atoms with Crippen LogP contribution < -0.4 is 5.32 Å². The summed E-state index contributed by atoms with van der Waals surface area (Å²) in [7, 11) is 0. The second kappa shape index (κ2) is 8.89. The molecule has 8 heteroatoms. The molecule has 0 aliphatic carbocycles. The van der Waals surface area contributed by atoms with Crippen LogP contribution in [0.2, 0.25) is 0 Å². The zero-order chi connectivity index (χ0) is 21.0. The number of benzene rings is 1. The van der Waals surface area contributed by atoms with Crippen molar-refractivity contribution in [3.8, 4) is 0 Å². The monoisotopic (exact) mass is 423 g/mol. The van der Waals surface area contributed by atoms with E-state index < -0.39 is 5.97 Å². The molecule has 1 aromatic carbocycles. The molecule has 2 N–H and O–H groups in total. The van der Waals surface area contributed by atoms with E-state index >= 15 is 0 Å². The summed E-state index contributed by atoms with van der Waals surface area (Å²) in [4.78, 5) is 26.4. The first-order valence-electron chi connectivity index (χ1n) is 10.0. The van der Waals surface area contributed by atoms with Gasteiger partial charge in [-0.2, -0.15) is 0 Å². The minimum absolute atomic E-state index is 0.0381. The maximum Gasteiger partial charge on any atom is 0.322 e. The Hall–Kier alpha value is -2.84. The van der Waals surface area contributed by atoms with Crippen molar-refractivity contribution in [3.05, 3.63) is 69.9 Å². The molecule has 1 fully saturated rings. The molecule has 0 radical (unpaired) electrons. The number of rotatable bonds is 7. The fraction of sp³-hybridized carbons (Fsp3) is 0.364. The Morgan fingerprint density at radius 3 is 2.50 bits per heavy atom. The smallest absolute Gasteiger partial charge is 0.322 e. The van der Waals surface area contributed by atoms with Crippen molar-refractivity contribution in [2.75, 3.05) is 25.0 Å². The lowest BCUT2D eigenvalue weighted by Gasteiger charge is -2.41. The SMILES string of the molecule is Cc1nc(C2(c3ccccc3)CCN(Cc3cnc(NCC(=O)O)nc3)CC2)cs1. The largest absolute Gasteiger partial charge is 0.480 e. The van der Waals surface area contributed by atoms with E-state index in [0.717, 1.165) is 43.0 Å². The van der Waals surface area contributed by atoms with Crippen molar-refractivity contribution in [2.24, 2.45) is 0 Å². The first kappa shape index (κ1) is 20.4. The Morgan fingerprint density at radius 2 is 1.90 bits per heavy atom. The van der Waals surface area contributed by atoms with Crippen molar-refractivity contribution in [1.29, 1.82) is 0 Å². The molecule has 0 spiro atoms. The van der Waals surface area contributed by atoms with Crippen LogP contribution in [-0.4, -0.2) is 50.6 Å². The fourth-order valence-corrected chi connectivity index (χ4v) is 4.78. The van der Waals surface area contributed by atoms with E-state index in [9.17, 15) is 4.79 Å². The van der Waals surface area contributed by atoms with E-state index in [2.05, 4.69) is 62.8 Å². The molecule has 3 aromatic rings. The van der Waals surface area contributed by atoms with Crippen LogP contribution in [0.3, 0.4) is 0 Å². The third kappa shape index (κ3) is 4.49. The number of thiazole rings is 1. The van der Waals surface area contributed by atoms with Crippen molar-refractivity contribution in [3.63, 3.8) is 0 Å². The van der Waals surface area contributed by atoms with Gasteiger partial charge < -0.3 is 10.4 Å². The lowest BCUT2D eigenvalue weighted by atomic mass is 9.70. The molecule has 1 aliphatic heterocycles. The molecule has 1 aliphatic rings. The second-order valence-corrected chi connectivity index (χ2v) is 8.70. The number of anilines is 1. The summed E-state index contributed by atoms with van der Waals surface area (Å²) in [6.07, 6.45) is 5.55. The van der Waals surface area contributed by atoms with Crippen LogP contribution in [0.15, 0.2) is 48.1 Å². The molecular weight excluding hydrogens is 398 g/mol. The van der Waals surface area contributed by atoms with Crippen LogP contribution in [-0.2, 0) is 16.8 Å². The van der Waals surface area contributed by atoms with Crippen LogP contribution in [0.1, 0.15) is 34.7 Å². The third-order valence-electron chi connectivity index (χ3n) is 5.65. The quantitative estimate of drug-likeness (QED) is 0.602. The van der Waals surface area contributed by atoms with E-state index in [0.29, 0.717) is 5.95 Å². The van der Waals surface area contributed by atoms with Crippen LogP contribution in [0.4, 0.5) is 5.95 Å². The topological polar surface area (TPSA) is 91.2 Å². The Labute approximate surface area is 179 Å². The number of nitrogens with one attached hydrogen (secondary N) is 1. The lowest BCUT2D eigenvalue weighted by molar-refractivity contribution is -0.134. The molecular formula is C22H25N5O2S. The molecule has 156 valence electrons. The molecule has 7 nitrogen and oxygen atoms in total. The fourth-order valence-electron chi connectivity index (χ4n) is 4.07. The Bertz CT molecular complexity index is 982. The van der Waals surface area contributed by atoms with Gasteiger partial charge in [0, 0.05) is 35.3 Å². The van der Waals surface area contributed by atoms with Gasteiger partial charge in [-0.05, 0) is 38.4 Å². The summed E-state index contributed by atoms with van der Waals surface area (Å²) in [6, 6.07) is 10.7. The number of carboxylic acid groups (broad SMARTS) is 1. The Morgan fingerprint density at radius 1 is 1.20 bits per heavy atom. The highest BCUT2D eigenvalue weighted by atomic mass is 32.1. The van der Waals surface area contributed by atoms with Crippen LogP contribution >= 0.6 is 11.3 Å². The van der Waals surface area contributed by atoms with Crippen LogP contribution in [0.5, 0.6) is 0 Å². The first-order chi connectivity index (χ1) is 14.5.